The maximum atomic E-state index is 12.4. The summed E-state index contributed by atoms with van der Waals surface area (Å²) in [5, 5.41) is 4.97. The quantitative estimate of drug-likeness (QED) is 0.222. The lowest BCUT2D eigenvalue weighted by molar-refractivity contribution is -0.137. The van der Waals surface area contributed by atoms with E-state index in [1.54, 1.807) is 12.2 Å². The second-order valence-corrected chi connectivity index (χ2v) is 10.2. The Kier molecular flexibility index (Phi) is 11.1. The van der Waals surface area contributed by atoms with Gasteiger partial charge >= 0.3 is 24.1 Å². The molecule has 2 aromatic carbocycles. The monoisotopic (exact) mass is 564 g/mol. The van der Waals surface area contributed by atoms with Gasteiger partial charge in [0.1, 0.15) is 24.6 Å². The minimum Gasteiger partial charge on any atom is -0.464 e. The first-order chi connectivity index (χ1) is 19.6. The third kappa shape index (κ3) is 8.96. The summed E-state index contributed by atoms with van der Waals surface area (Å²) in [6, 6.07) is 18.4. The molecule has 0 saturated heterocycles. The van der Waals surface area contributed by atoms with Crippen LogP contribution in [0.25, 0.3) is 0 Å². The van der Waals surface area contributed by atoms with E-state index in [-0.39, 0.29) is 41.9 Å². The molecule has 0 spiro atoms. The summed E-state index contributed by atoms with van der Waals surface area (Å²) in [4.78, 5) is 49.4. The van der Waals surface area contributed by atoms with Crippen LogP contribution in [0.5, 0.6) is 0 Å². The van der Waals surface area contributed by atoms with Gasteiger partial charge in [-0.15, -0.1) is 0 Å². The molecule has 1 aliphatic rings. The van der Waals surface area contributed by atoms with E-state index in [4.69, 9.17) is 18.9 Å². The Morgan fingerprint density at radius 3 is 1.71 bits per heavy atom. The number of methoxy groups -OCH3 is 2. The summed E-state index contributed by atoms with van der Waals surface area (Å²) in [5.41, 5.74) is 1.30. The summed E-state index contributed by atoms with van der Waals surface area (Å²) >= 11 is 0. The van der Waals surface area contributed by atoms with Crippen molar-refractivity contribution < 1.29 is 38.1 Å². The number of alkyl carbamates (subject to hydrolysis) is 2. The molecule has 2 aromatic rings. The Morgan fingerprint density at radius 2 is 1.24 bits per heavy atom. The van der Waals surface area contributed by atoms with Gasteiger partial charge in [0.05, 0.1) is 14.2 Å². The number of benzene rings is 2. The summed E-state index contributed by atoms with van der Waals surface area (Å²) in [5.74, 6) is -1.35. The molecule has 0 unspecified atom stereocenters. The van der Waals surface area contributed by atoms with Crippen molar-refractivity contribution in [2.75, 3.05) is 14.2 Å². The van der Waals surface area contributed by atoms with E-state index < -0.39 is 24.1 Å². The lowest BCUT2D eigenvalue weighted by Crippen LogP contribution is -2.44. The zero-order chi connectivity index (χ0) is 29.8. The minimum atomic E-state index is -0.771. The van der Waals surface area contributed by atoms with Gasteiger partial charge in [-0.25, -0.2) is 19.2 Å². The number of carbonyl (C=O) groups is 4. The smallest absolute Gasteiger partial charge is 0.412 e. The van der Waals surface area contributed by atoms with Crippen LogP contribution in [0.1, 0.15) is 37.8 Å². The Hall–Kier alpha value is -4.60. The molecule has 10 nitrogen and oxygen atoms in total. The molecule has 41 heavy (non-hydrogen) atoms. The number of nitrogens with one attached hydrogen (secondary N) is 2. The van der Waals surface area contributed by atoms with Crippen LogP contribution in [0, 0.1) is 17.3 Å². The van der Waals surface area contributed by atoms with Crippen molar-refractivity contribution in [3.05, 3.63) is 95.3 Å². The van der Waals surface area contributed by atoms with Crippen LogP contribution in [0.15, 0.2) is 84.2 Å². The third-order valence-electron chi connectivity index (χ3n) is 7.23. The highest BCUT2D eigenvalue weighted by molar-refractivity contribution is 5.92. The van der Waals surface area contributed by atoms with Gasteiger partial charge in [-0.3, -0.25) is 10.6 Å². The van der Waals surface area contributed by atoms with Crippen molar-refractivity contribution in [3.63, 3.8) is 0 Å². The highest BCUT2D eigenvalue weighted by atomic mass is 16.6. The van der Waals surface area contributed by atoms with Crippen molar-refractivity contribution in [1.29, 1.82) is 0 Å². The fourth-order valence-electron chi connectivity index (χ4n) is 4.50. The van der Waals surface area contributed by atoms with Gasteiger partial charge in [0, 0.05) is 0 Å². The summed E-state index contributed by atoms with van der Waals surface area (Å²) in [7, 11) is 2.46. The predicted molar refractivity (Wildman–Crippen MR) is 150 cm³/mol. The molecule has 218 valence electrons. The van der Waals surface area contributed by atoms with E-state index in [1.165, 1.54) is 14.2 Å². The van der Waals surface area contributed by atoms with Gasteiger partial charge in [0.2, 0.25) is 0 Å². The van der Waals surface area contributed by atoms with Crippen LogP contribution >= 0.6 is 0 Å². The van der Waals surface area contributed by atoms with Crippen molar-refractivity contribution >= 4 is 24.1 Å². The van der Waals surface area contributed by atoms with Crippen LogP contribution in [0.2, 0.25) is 0 Å². The van der Waals surface area contributed by atoms with Crippen molar-refractivity contribution in [2.45, 2.75) is 39.9 Å². The molecule has 1 fully saturated rings. The average Bonchev–Trinajstić information content (AvgIpc) is 2.99. The fourth-order valence-corrected chi connectivity index (χ4v) is 4.50. The van der Waals surface area contributed by atoms with E-state index in [0.717, 1.165) is 11.1 Å². The normalized spacial score (nSPS) is 17.9. The van der Waals surface area contributed by atoms with Crippen molar-refractivity contribution in [2.24, 2.45) is 17.3 Å². The zero-order valence-corrected chi connectivity index (χ0v) is 23.7. The molecule has 0 aliphatic heterocycles. The van der Waals surface area contributed by atoms with Crippen LogP contribution < -0.4 is 10.6 Å². The van der Waals surface area contributed by atoms with E-state index in [0.29, 0.717) is 12.8 Å². The lowest BCUT2D eigenvalue weighted by Gasteiger charge is -2.51. The molecule has 0 heterocycles. The molecule has 3 rings (SSSR count). The topological polar surface area (TPSA) is 129 Å². The number of hydrogen-bond donors (Lipinski definition) is 2. The molecule has 2 N–H and O–H groups in total. The highest BCUT2D eigenvalue weighted by Crippen LogP contribution is 2.54. The van der Waals surface area contributed by atoms with Crippen LogP contribution in [-0.4, -0.2) is 38.3 Å². The second-order valence-electron chi connectivity index (χ2n) is 10.2. The van der Waals surface area contributed by atoms with E-state index >= 15 is 0 Å². The van der Waals surface area contributed by atoms with E-state index in [9.17, 15) is 19.2 Å². The Labute approximate surface area is 239 Å². The van der Waals surface area contributed by atoms with Crippen LogP contribution in [0.4, 0.5) is 9.59 Å². The highest BCUT2D eigenvalue weighted by Gasteiger charge is 2.46. The maximum Gasteiger partial charge on any atom is 0.412 e. The molecular weight excluding hydrogens is 528 g/mol. The third-order valence-corrected chi connectivity index (χ3v) is 7.23. The largest absolute Gasteiger partial charge is 0.464 e. The summed E-state index contributed by atoms with van der Waals surface area (Å²) < 4.78 is 20.1. The van der Waals surface area contributed by atoms with Crippen molar-refractivity contribution in [1.82, 2.24) is 10.6 Å². The van der Waals surface area contributed by atoms with Crippen LogP contribution in [-0.2, 0) is 41.8 Å². The molecule has 10 heteroatoms. The van der Waals surface area contributed by atoms with Crippen molar-refractivity contribution in [3.8, 4) is 0 Å². The first-order valence-corrected chi connectivity index (χ1v) is 13.2. The van der Waals surface area contributed by atoms with E-state index in [1.807, 2.05) is 74.5 Å². The Bertz CT molecular complexity index is 1270. The van der Waals surface area contributed by atoms with Gasteiger partial charge in [-0.1, -0.05) is 80.6 Å². The number of carbonyl (C=O) groups excluding carboxylic acids is 4. The molecular formula is C31H36N2O8. The first-order valence-electron chi connectivity index (χ1n) is 13.2. The SMILES string of the molecule is COC(=O)/C(=C/C[C@H]1C[C@@H](/C=C(\NC(=O)OCc2ccccc2)C(=O)OC)C1(C)C)NC(=O)OCc1ccccc1. The minimum absolute atomic E-state index is 0.00398. The van der Waals surface area contributed by atoms with Gasteiger partial charge in [0.25, 0.3) is 0 Å². The molecule has 0 bridgehead atoms. The Morgan fingerprint density at radius 1 is 0.780 bits per heavy atom. The lowest BCUT2D eigenvalue weighted by atomic mass is 9.53. The summed E-state index contributed by atoms with van der Waals surface area (Å²) in [6.07, 6.45) is 2.87. The molecule has 0 radical (unpaired) electrons. The second kappa shape index (κ2) is 14.7. The number of ether oxygens (including phenoxy) is 4. The molecule has 0 aromatic heterocycles. The standard InChI is InChI=1S/C31H36N2O8/c1-31(2)23(15-16-25(27(34)38-3)32-29(36)40-19-21-11-7-5-8-12-21)17-24(31)18-26(28(35)39-4)33-30(37)41-20-22-13-9-6-10-14-22/h5-14,16,18,23-24H,15,17,19-20H2,1-4H3,(H,32,36)(H,33,37)/b25-16-,26-18-/t23-,24-/m0/s1. The van der Waals surface area contributed by atoms with Gasteiger partial charge in [-0.05, 0) is 47.3 Å². The average molecular weight is 565 g/mol. The summed E-state index contributed by atoms with van der Waals surface area (Å²) in [6.45, 7) is 4.16. The van der Waals surface area contributed by atoms with E-state index in [2.05, 4.69) is 10.6 Å². The van der Waals surface area contributed by atoms with Gasteiger partial charge in [0.15, 0.2) is 0 Å². The number of allylic oxidation sites excluding steroid dienone is 2. The van der Waals surface area contributed by atoms with Gasteiger partial charge in [-0.2, -0.15) is 0 Å². The zero-order valence-electron chi connectivity index (χ0n) is 23.7. The van der Waals surface area contributed by atoms with Gasteiger partial charge < -0.3 is 18.9 Å². The molecule has 2 amide bonds. The predicted octanol–water partition coefficient (Wildman–Crippen LogP) is 5.01. The molecule has 1 saturated carbocycles. The Balaban J connectivity index is 1.60. The van der Waals surface area contributed by atoms with Crippen LogP contribution in [0.3, 0.4) is 0 Å². The number of hydrogen-bond acceptors (Lipinski definition) is 8. The number of esters is 2. The number of amides is 2. The fraction of sp³-hybridized carbons (Fsp3) is 0.355. The molecule has 1 aliphatic carbocycles. The maximum absolute atomic E-state index is 12.4. The first kappa shape index (κ1) is 30.9. The molecule has 2 atom stereocenters. The number of rotatable bonds is 11.